The number of thiophene rings is 1. The first-order chi connectivity index (χ1) is 19.6. The number of Topliss-reactive ketones (excluding diaryl/α,β-unsaturated/α-hetero) is 1. The number of carbonyl (C=O) groups excluding carboxylic acids is 3. The molecule has 4 aromatic rings. The second-order valence-corrected chi connectivity index (χ2v) is 11.9. The number of nitrogens with one attached hydrogen (secondary N) is 3. The molecule has 3 N–H and O–H groups in total. The summed E-state index contributed by atoms with van der Waals surface area (Å²) in [6.45, 7) is 5.33. The van der Waals surface area contributed by atoms with E-state index in [0.717, 1.165) is 33.0 Å². The van der Waals surface area contributed by atoms with Gasteiger partial charge in [0.05, 0.1) is 12.4 Å². The number of methoxy groups -OCH3 is 1. The third-order valence-corrected chi connectivity index (χ3v) is 8.30. The van der Waals surface area contributed by atoms with Crippen molar-refractivity contribution in [2.45, 2.75) is 30.9 Å². The highest BCUT2D eigenvalue weighted by atomic mass is 32.2. The van der Waals surface area contributed by atoms with Gasteiger partial charge in [0.1, 0.15) is 10.6 Å². The number of esters is 1. The molecule has 1 aromatic heterocycles. The second-order valence-electron chi connectivity index (χ2n) is 9.20. The number of amides is 1. The summed E-state index contributed by atoms with van der Waals surface area (Å²) in [5.74, 6) is -0.738. The Balaban J connectivity index is 1.40. The standard InChI is InChI=1S/C31H29N3O4S3/c1-18-8-10-22(11-9-18)26-17-40-29(27(26)30(37)38-4)34-28(36)20(3)41-25-7-5-6-24(16-25)33-31(39)32-23-14-12-21(13-15-23)19(2)35/h5-17,20H,1-4H3,(H,34,36)(H2,32,33,39). The smallest absolute Gasteiger partial charge is 0.341 e. The highest BCUT2D eigenvalue weighted by Crippen LogP contribution is 2.37. The number of ether oxygens (including phenoxy) is 1. The SMILES string of the molecule is COC(=O)c1c(-c2ccc(C)cc2)csc1NC(=O)C(C)Sc1cccc(NC(=S)Nc2ccc(C(C)=O)cc2)c1. The number of thioether (sulfide) groups is 1. The highest BCUT2D eigenvalue weighted by Gasteiger charge is 2.24. The first-order valence-corrected chi connectivity index (χ1v) is 14.8. The van der Waals surface area contributed by atoms with Gasteiger partial charge in [0.25, 0.3) is 0 Å². The molecule has 41 heavy (non-hydrogen) atoms. The molecule has 0 aliphatic heterocycles. The van der Waals surface area contributed by atoms with Crippen LogP contribution < -0.4 is 16.0 Å². The van der Waals surface area contributed by atoms with Crippen LogP contribution in [0.5, 0.6) is 0 Å². The lowest BCUT2D eigenvalue weighted by molar-refractivity contribution is -0.115. The Bertz CT molecular complexity index is 1580. The Kier molecular flexibility index (Phi) is 9.93. The van der Waals surface area contributed by atoms with Crippen LogP contribution in [0.25, 0.3) is 11.1 Å². The van der Waals surface area contributed by atoms with Crippen molar-refractivity contribution >= 4 is 74.5 Å². The Hall–Kier alpha value is -3.99. The summed E-state index contributed by atoms with van der Waals surface area (Å²) in [4.78, 5) is 38.2. The summed E-state index contributed by atoms with van der Waals surface area (Å²) in [7, 11) is 1.33. The lowest BCUT2D eigenvalue weighted by Crippen LogP contribution is -2.23. The number of carbonyl (C=O) groups is 3. The monoisotopic (exact) mass is 603 g/mol. The fraction of sp³-hybridized carbons (Fsp3) is 0.161. The number of hydrogen-bond donors (Lipinski definition) is 3. The van der Waals surface area contributed by atoms with Crippen molar-refractivity contribution in [2.75, 3.05) is 23.1 Å². The number of thiocarbonyl (C=S) groups is 1. The van der Waals surface area contributed by atoms with E-state index in [1.165, 1.54) is 37.1 Å². The first-order valence-electron chi connectivity index (χ1n) is 12.7. The van der Waals surface area contributed by atoms with Crippen LogP contribution in [-0.2, 0) is 9.53 Å². The summed E-state index contributed by atoms with van der Waals surface area (Å²) >= 11 is 8.12. The molecular weight excluding hydrogens is 575 g/mol. The van der Waals surface area contributed by atoms with Crippen LogP contribution in [0.4, 0.5) is 16.4 Å². The first kappa shape index (κ1) is 30.0. The molecule has 0 aliphatic carbocycles. The van der Waals surface area contributed by atoms with Gasteiger partial charge in [-0.2, -0.15) is 0 Å². The minimum atomic E-state index is -0.504. The van der Waals surface area contributed by atoms with Crippen LogP contribution in [0.1, 0.15) is 40.1 Å². The van der Waals surface area contributed by atoms with Gasteiger partial charge in [0.2, 0.25) is 5.91 Å². The van der Waals surface area contributed by atoms with Gasteiger partial charge in [0, 0.05) is 32.8 Å². The molecule has 1 heterocycles. The zero-order valence-corrected chi connectivity index (χ0v) is 25.4. The van der Waals surface area contributed by atoms with Crippen molar-refractivity contribution in [2.24, 2.45) is 0 Å². The number of hydrogen-bond acceptors (Lipinski definition) is 7. The Labute approximate surface area is 252 Å². The van der Waals surface area contributed by atoms with Gasteiger partial charge in [-0.25, -0.2) is 4.79 Å². The molecule has 3 aromatic carbocycles. The van der Waals surface area contributed by atoms with Gasteiger partial charge in [-0.05, 0) is 81.0 Å². The molecular formula is C31H29N3O4S3. The molecule has 10 heteroatoms. The van der Waals surface area contributed by atoms with Crippen LogP contribution >= 0.6 is 35.3 Å². The van der Waals surface area contributed by atoms with Crippen molar-refractivity contribution in [1.82, 2.24) is 0 Å². The van der Waals surface area contributed by atoms with Gasteiger partial charge in [0.15, 0.2) is 10.9 Å². The quantitative estimate of drug-likeness (QED) is 0.0777. The molecule has 0 spiro atoms. The molecule has 1 unspecified atom stereocenters. The average molecular weight is 604 g/mol. The normalized spacial score (nSPS) is 11.3. The lowest BCUT2D eigenvalue weighted by atomic mass is 10.0. The maximum Gasteiger partial charge on any atom is 0.341 e. The molecule has 0 saturated carbocycles. The minimum absolute atomic E-state index is 0.000711. The predicted molar refractivity (Wildman–Crippen MR) is 173 cm³/mol. The fourth-order valence-electron chi connectivity index (χ4n) is 3.90. The topological polar surface area (TPSA) is 96.5 Å². The van der Waals surface area contributed by atoms with Crippen molar-refractivity contribution in [3.8, 4) is 11.1 Å². The van der Waals surface area contributed by atoms with Crippen molar-refractivity contribution < 1.29 is 19.1 Å². The number of ketones is 1. The summed E-state index contributed by atoms with van der Waals surface area (Å²) in [6.07, 6.45) is 0. The second kappa shape index (κ2) is 13.6. The summed E-state index contributed by atoms with van der Waals surface area (Å²) in [6, 6.07) is 22.5. The van der Waals surface area contributed by atoms with E-state index in [9.17, 15) is 14.4 Å². The number of rotatable bonds is 9. The summed E-state index contributed by atoms with van der Waals surface area (Å²) < 4.78 is 5.03. The van der Waals surface area contributed by atoms with Crippen molar-refractivity contribution in [1.29, 1.82) is 0 Å². The fourth-order valence-corrected chi connectivity index (χ4v) is 6.02. The third-order valence-electron chi connectivity index (χ3n) is 6.10. The molecule has 7 nitrogen and oxygen atoms in total. The van der Waals surface area contributed by atoms with Crippen LogP contribution in [0, 0.1) is 6.92 Å². The van der Waals surface area contributed by atoms with Crippen LogP contribution in [-0.4, -0.2) is 35.1 Å². The van der Waals surface area contributed by atoms with E-state index in [4.69, 9.17) is 17.0 Å². The minimum Gasteiger partial charge on any atom is -0.465 e. The molecule has 0 aliphatic rings. The van der Waals surface area contributed by atoms with Gasteiger partial charge in [-0.15, -0.1) is 23.1 Å². The zero-order valence-electron chi connectivity index (χ0n) is 22.9. The van der Waals surface area contributed by atoms with E-state index in [-0.39, 0.29) is 11.7 Å². The zero-order chi connectivity index (χ0) is 29.5. The predicted octanol–water partition coefficient (Wildman–Crippen LogP) is 7.64. The highest BCUT2D eigenvalue weighted by molar-refractivity contribution is 8.00. The third kappa shape index (κ3) is 7.81. The van der Waals surface area contributed by atoms with Crippen molar-refractivity contribution in [3.63, 3.8) is 0 Å². The maximum absolute atomic E-state index is 13.2. The molecule has 4 rings (SSSR count). The van der Waals surface area contributed by atoms with Crippen LogP contribution in [0.15, 0.2) is 83.1 Å². The largest absolute Gasteiger partial charge is 0.465 e. The van der Waals surface area contributed by atoms with Crippen LogP contribution in [0.2, 0.25) is 0 Å². The van der Waals surface area contributed by atoms with Crippen LogP contribution in [0.3, 0.4) is 0 Å². The van der Waals surface area contributed by atoms with Gasteiger partial charge in [-0.3, -0.25) is 9.59 Å². The molecule has 0 fully saturated rings. The Morgan fingerprint density at radius 2 is 1.61 bits per heavy atom. The molecule has 1 atom stereocenters. The Morgan fingerprint density at radius 1 is 0.927 bits per heavy atom. The molecule has 0 radical (unpaired) electrons. The number of anilines is 3. The lowest BCUT2D eigenvalue weighted by Gasteiger charge is -2.14. The number of aryl methyl sites for hydroxylation is 1. The van der Waals surface area contributed by atoms with E-state index in [2.05, 4.69) is 16.0 Å². The number of benzene rings is 3. The van der Waals surface area contributed by atoms with Gasteiger partial charge < -0.3 is 20.7 Å². The summed E-state index contributed by atoms with van der Waals surface area (Å²) in [5.41, 5.74) is 5.19. The molecule has 0 bridgehead atoms. The molecule has 1 amide bonds. The molecule has 210 valence electrons. The van der Waals surface area contributed by atoms with Crippen molar-refractivity contribution in [3.05, 3.63) is 94.9 Å². The van der Waals surface area contributed by atoms with Gasteiger partial charge in [-0.1, -0.05) is 35.9 Å². The van der Waals surface area contributed by atoms with E-state index in [0.29, 0.717) is 21.2 Å². The van der Waals surface area contributed by atoms with E-state index in [1.807, 2.05) is 67.8 Å². The van der Waals surface area contributed by atoms with Gasteiger partial charge >= 0.3 is 5.97 Å². The van der Waals surface area contributed by atoms with E-state index >= 15 is 0 Å². The maximum atomic E-state index is 13.2. The summed E-state index contributed by atoms with van der Waals surface area (Å²) in [5, 5.41) is 11.4. The van der Waals surface area contributed by atoms with E-state index in [1.54, 1.807) is 24.3 Å². The van der Waals surface area contributed by atoms with E-state index < -0.39 is 11.2 Å². The molecule has 0 saturated heterocycles. The Morgan fingerprint density at radius 3 is 2.27 bits per heavy atom. The average Bonchev–Trinajstić information content (AvgIpc) is 3.36.